The SMILES string of the molecule is COc1cc(Cl)c(C(O)c2ccc(Br)c(F)c2)cc1OC. The Morgan fingerprint density at radius 3 is 2.33 bits per heavy atom. The van der Waals surface area contributed by atoms with E-state index in [1.54, 1.807) is 18.2 Å². The van der Waals surface area contributed by atoms with Gasteiger partial charge in [0.25, 0.3) is 0 Å². The highest BCUT2D eigenvalue weighted by Crippen LogP contribution is 2.38. The third kappa shape index (κ3) is 3.31. The van der Waals surface area contributed by atoms with Crippen molar-refractivity contribution in [2.75, 3.05) is 14.2 Å². The normalized spacial score (nSPS) is 12.1. The van der Waals surface area contributed by atoms with Gasteiger partial charge < -0.3 is 14.6 Å². The van der Waals surface area contributed by atoms with Crippen LogP contribution in [0.5, 0.6) is 11.5 Å². The predicted molar refractivity (Wildman–Crippen MR) is 82.7 cm³/mol. The second-order valence-corrected chi connectivity index (χ2v) is 5.57. The molecule has 2 aromatic rings. The van der Waals surface area contributed by atoms with Gasteiger partial charge in [0, 0.05) is 11.6 Å². The van der Waals surface area contributed by atoms with E-state index >= 15 is 0 Å². The van der Waals surface area contributed by atoms with Crippen molar-refractivity contribution in [3.8, 4) is 11.5 Å². The predicted octanol–water partition coefficient (Wildman–Crippen LogP) is 4.34. The number of aliphatic hydroxyl groups excluding tert-OH is 1. The van der Waals surface area contributed by atoms with E-state index in [0.717, 1.165) is 0 Å². The lowest BCUT2D eigenvalue weighted by molar-refractivity contribution is 0.219. The maximum Gasteiger partial charge on any atom is 0.162 e. The monoisotopic (exact) mass is 374 g/mol. The number of methoxy groups -OCH3 is 2. The lowest BCUT2D eigenvalue weighted by Crippen LogP contribution is -2.03. The van der Waals surface area contributed by atoms with Gasteiger partial charge in [-0.15, -0.1) is 0 Å². The van der Waals surface area contributed by atoms with Crippen LogP contribution in [0.1, 0.15) is 17.2 Å². The quantitative estimate of drug-likeness (QED) is 0.864. The molecule has 0 radical (unpaired) electrons. The molecule has 0 aliphatic rings. The van der Waals surface area contributed by atoms with Crippen LogP contribution in [0.2, 0.25) is 5.02 Å². The molecule has 0 amide bonds. The van der Waals surface area contributed by atoms with Crippen molar-refractivity contribution in [1.82, 2.24) is 0 Å². The Morgan fingerprint density at radius 2 is 1.76 bits per heavy atom. The van der Waals surface area contributed by atoms with E-state index in [9.17, 15) is 9.50 Å². The lowest BCUT2D eigenvalue weighted by Gasteiger charge is -2.16. The molecular formula is C15H13BrClFO3. The number of hydrogen-bond acceptors (Lipinski definition) is 3. The molecule has 6 heteroatoms. The van der Waals surface area contributed by atoms with E-state index in [4.69, 9.17) is 21.1 Å². The van der Waals surface area contributed by atoms with E-state index in [1.807, 2.05) is 0 Å². The third-order valence-corrected chi connectivity index (χ3v) is 4.03. The Labute approximate surface area is 135 Å². The van der Waals surface area contributed by atoms with Gasteiger partial charge in [-0.25, -0.2) is 4.39 Å². The van der Waals surface area contributed by atoms with Gasteiger partial charge in [0.2, 0.25) is 0 Å². The molecule has 112 valence electrons. The fourth-order valence-corrected chi connectivity index (χ4v) is 2.45. The molecule has 2 aromatic carbocycles. The first-order chi connectivity index (χ1) is 9.97. The van der Waals surface area contributed by atoms with E-state index < -0.39 is 11.9 Å². The molecule has 1 N–H and O–H groups in total. The molecule has 0 spiro atoms. The van der Waals surface area contributed by atoms with Crippen molar-refractivity contribution in [2.24, 2.45) is 0 Å². The number of aliphatic hydroxyl groups is 1. The van der Waals surface area contributed by atoms with Crippen LogP contribution in [0.15, 0.2) is 34.8 Å². The van der Waals surface area contributed by atoms with Crippen molar-refractivity contribution in [2.45, 2.75) is 6.10 Å². The fourth-order valence-electron chi connectivity index (χ4n) is 1.94. The van der Waals surface area contributed by atoms with Gasteiger partial charge in [0.15, 0.2) is 11.5 Å². The second kappa shape index (κ2) is 6.64. The van der Waals surface area contributed by atoms with Gasteiger partial charge >= 0.3 is 0 Å². The van der Waals surface area contributed by atoms with Crippen molar-refractivity contribution in [3.05, 3.63) is 56.8 Å². The van der Waals surface area contributed by atoms with Crippen LogP contribution in [0.25, 0.3) is 0 Å². The van der Waals surface area contributed by atoms with E-state index in [1.165, 1.54) is 26.4 Å². The van der Waals surface area contributed by atoms with Crippen LogP contribution < -0.4 is 9.47 Å². The van der Waals surface area contributed by atoms with Crippen molar-refractivity contribution < 1.29 is 19.0 Å². The summed E-state index contributed by atoms with van der Waals surface area (Å²) in [6, 6.07) is 7.52. The third-order valence-electron chi connectivity index (χ3n) is 3.06. The summed E-state index contributed by atoms with van der Waals surface area (Å²) in [6.07, 6.45) is -1.07. The molecule has 1 unspecified atom stereocenters. The summed E-state index contributed by atoms with van der Waals surface area (Å²) >= 11 is 9.23. The summed E-state index contributed by atoms with van der Waals surface area (Å²) in [5, 5.41) is 10.7. The minimum absolute atomic E-state index is 0.309. The van der Waals surface area contributed by atoms with Crippen LogP contribution in [0, 0.1) is 5.82 Å². The highest BCUT2D eigenvalue weighted by molar-refractivity contribution is 9.10. The summed E-state index contributed by atoms with van der Waals surface area (Å²) in [6.45, 7) is 0. The summed E-state index contributed by atoms with van der Waals surface area (Å²) in [5.41, 5.74) is 0.806. The Hall–Kier alpha value is -1.30. The molecule has 0 heterocycles. The first kappa shape index (κ1) is 16.1. The number of ether oxygens (including phenoxy) is 2. The molecule has 0 aliphatic carbocycles. The average molecular weight is 376 g/mol. The Kier molecular flexibility index (Phi) is 5.08. The Morgan fingerprint density at radius 1 is 1.14 bits per heavy atom. The standard InChI is InChI=1S/C15H13BrClFO3/c1-20-13-6-9(11(17)7-14(13)21-2)15(19)8-3-4-10(16)12(18)5-8/h3-7,15,19H,1-2H3. The minimum Gasteiger partial charge on any atom is -0.493 e. The molecule has 0 fully saturated rings. The van der Waals surface area contributed by atoms with Crippen LogP contribution >= 0.6 is 27.5 Å². The zero-order chi connectivity index (χ0) is 15.6. The molecule has 0 aliphatic heterocycles. The van der Waals surface area contributed by atoms with Gasteiger partial charge in [-0.1, -0.05) is 17.7 Å². The molecule has 0 aromatic heterocycles. The first-order valence-electron chi connectivity index (χ1n) is 6.02. The second-order valence-electron chi connectivity index (χ2n) is 4.30. The van der Waals surface area contributed by atoms with Crippen molar-refractivity contribution >= 4 is 27.5 Å². The molecule has 0 bridgehead atoms. The minimum atomic E-state index is -1.07. The Bertz CT molecular complexity index is 664. The Balaban J connectivity index is 2.47. The van der Waals surface area contributed by atoms with Crippen LogP contribution in [-0.4, -0.2) is 19.3 Å². The zero-order valence-corrected chi connectivity index (χ0v) is 13.7. The van der Waals surface area contributed by atoms with Crippen molar-refractivity contribution in [1.29, 1.82) is 0 Å². The maximum atomic E-state index is 13.6. The molecule has 3 nitrogen and oxygen atoms in total. The van der Waals surface area contributed by atoms with Crippen LogP contribution in [0.4, 0.5) is 4.39 Å². The lowest BCUT2D eigenvalue weighted by atomic mass is 10.0. The molecule has 0 saturated carbocycles. The summed E-state index contributed by atoms with van der Waals surface area (Å²) in [7, 11) is 2.98. The van der Waals surface area contributed by atoms with Gasteiger partial charge in [0.05, 0.1) is 23.7 Å². The topological polar surface area (TPSA) is 38.7 Å². The molecule has 0 saturated heterocycles. The number of halogens is 3. The van der Waals surface area contributed by atoms with Gasteiger partial charge in [0.1, 0.15) is 11.9 Å². The molecule has 1 atom stereocenters. The number of benzene rings is 2. The average Bonchev–Trinajstić information content (AvgIpc) is 2.49. The number of rotatable bonds is 4. The maximum absolute atomic E-state index is 13.6. The fraction of sp³-hybridized carbons (Fsp3) is 0.200. The smallest absolute Gasteiger partial charge is 0.162 e. The summed E-state index contributed by atoms with van der Waals surface area (Å²) < 4.78 is 24.2. The van der Waals surface area contributed by atoms with E-state index in [0.29, 0.717) is 32.1 Å². The molecular weight excluding hydrogens is 363 g/mol. The highest BCUT2D eigenvalue weighted by Gasteiger charge is 2.19. The van der Waals surface area contributed by atoms with Gasteiger partial charge in [-0.05, 0) is 39.7 Å². The largest absolute Gasteiger partial charge is 0.493 e. The summed E-state index contributed by atoms with van der Waals surface area (Å²) in [4.78, 5) is 0. The van der Waals surface area contributed by atoms with E-state index in [2.05, 4.69) is 15.9 Å². The number of hydrogen-bond donors (Lipinski definition) is 1. The molecule has 21 heavy (non-hydrogen) atoms. The highest BCUT2D eigenvalue weighted by atomic mass is 79.9. The molecule has 2 rings (SSSR count). The van der Waals surface area contributed by atoms with Crippen LogP contribution in [0.3, 0.4) is 0 Å². The first-order valence-corrected chi connectivity index (χ1v) is 7.19. The van der Waals surface area contributed by atoms with Gasteiger partial charge in [-0.2, -0.15) is 0 Å². The van der Waals surface area contributed by atoms with Crippen molar-refractivity contribution in [3.63, 3.8) is 0 Å². The van der Waals surface area contributed by atoms with Crippen LogP contribution in [-0.2, 0) is 0 Å². The van der Waals surface area contributed by atoms with Gasteiger partial charge in [-0.3, -0.25) is 0 Å². The zero-order valence-electron chi connectivity index (χ0n) is 11.4. The summed E-state index contributed by atoms with van der Waals surface area (Å²) in [5.74, 6) is 0.442. The van der Waals surface area contributed by atoms with E-state index in [-0.39, 0.29) is 0 Å².